The van der Waals surface area contributed by atoms with Gasteiger partial charge in [-0.05, 0) is 44.0 Å². The van der Waals surface area contributed by atoms with Crippen LogP contribution in [0.1, 0.15) is 50.8 Å². The lowest BCUT2D eigenvalue weighted by molar-refractivity contribution is 0.139. The van der Waals surface area contributed by atoms with Crippen LogP contribution >= 0.6 is 0 Å². The second-order valence-corrected chi connectivity index (χ2v) is 5.64. The summed E-state index contributed by atoms with van der Waals surface area (Å²) in [5, 5.41) is 3.69. The summed E-state index contributed by atoms with van der Waals surface area (Å²) < 4.78 is 0. The molecule has 1 N–H and O–H groups in total. The van der Waals surface area contributed by atoms with E-state index in [1.165, 1.54) is 30.4 Å². The Morgan fingerprint density at radius 3 is 2.53 bits per heavy atom. The van der Waals surface area contributed by atoms with Crippen molar-refractivity contribution in [1.82, 2.24) is 10.2 Å². The van der Waals surface area contributed by atoms with Crippen molar-refractivity contribution in [3.63, 3.8) is 0 Å². The largest absolute Gasteiger partial charge is 0.309 e. The van der Waals surface area contributed by atoms with Gasteiger partial charge in [-0.3, -0.25) is 4.90 Å². The van der Waals surface area contributed by atoms with Crippen molar-refractivity contribution in [3.8, 4) is 0 Å². The van der Waals surface area contributed by atoms with Crippen LogP contribution in [-0.4, -0.2) is 30.6 Å². The third-order valence-electron chi connectivity index (χ3n) is 4.67. The maximum Gasteiger partial charge on any atom is 0.0484 e. The fourth-order valence-electron chi connectivity index (χ4n) is 3.55. The van der Waals surface area contributed by atoms with Crippen molar-refractivity contribution in [2.24, 2.45) is 0 Å². The minimum Gasteiger partial charge on any atom is -0.309 e. The second kappa shape index (κ2) is 6.53. The maximum atomic E-state index is 3.69. The standard InChI is InChI=1S/C17H28N2/c1-5-14(6-2)19(4)16-12-13-10-8-9-11-15(13)17(16)18-7-3/h8-11,14,16-18H,5-7,12H2,1-4H3. The van der Waals surface area contributed by atoms with Crippen LogP contribution in [0.3, 0.4) is 0 Å². The zero-order chi connectivity index (χ0) is 13.8. The zero-order valence-electron chi connectivity index (χ0n) is 12.8. The van der Waals surface area contributed by atoms with Crippen LogP contribution in [0.15, 0.2) is 24.3 Å². The number of likely N-dealkylation sites (N-methyl/N-ethyl adjacent to an activating group) is 2. The first kappa shape index (κ1) is 14.5. The number of hydrogen-bond acceptors (Lipinski definition) is 2. The Morgan fingerprint density at radius 1 is 1.21 bits per heavy atom. The number of rotatable bonds is 6. The van der Waals surface area contributed by atoms with Gasteiger partial charge in [-0.1, -0.05) is 45.0 Å². The van der Waals surface area contributed by atoms with Gasteiger partial charge in [0.25, 0.3) is 0 Å². The third-order valence-corrected chi connectivity index (χ3v) is 4.67. The molecule has 0 amide bonds. The molecule has 2 nitrogen and oxygen atoms in total. The summed E-state index contributed by atoms with van der Waals surface area (Å²) >= 11 is 0. The topological polar surface area (TPSA) is 15.3 Å². The van der Waals surface area contributed by atoms with Gasteiger partial charge in [0.15, 0.2) is 0 Å². The Bertz CT molecular complexity index is 398. The molecule has 2 unspecified atom stereocenters. The quantitative estimate of drug-likeness (QED) is 0.843. The number of nitrogens with one attached hydrogen (secondary N) is 1. The van der Waals surface area contributed by atoms with E-state index in [2.05, 4.69) is 62.3 Å². The average Bonchev–Trinajstić information content (AvgIpc) is 2.80. The molecule has 2 rings (SSSR count). The van der Waals surface area contributed by atoms with Crippen LogP contribution < -0.4 is 5.32 Å². The van der Waals surface area contributed by atoms with Crippen molar-refractivity contribution in [1.29, 1.82) is 0 Å². The molecular weight excluding hydrogens is 232 g/mol. The molecule has 0 spiro atoms. The van der Waals surface area contributed by atoms with Gasteiger partial charge in [-0.15, -0.1) is 0 Å². The first-order valence-corrected chi connectivity index (χ1v) is 7.75. The first-order chi connectivity index (χ1) is 9.22. The van der Waals surface area contributed by atoms with Crippen molar-refractivity contribution in [2.75, 3.05) is 13.6 Å². The van der Waals surface area contributed by atoms with Crippen LogP contribution in [0.2, 0.25) is 0 Å². The van der Waals surface area contributed by atoms with Crippen molar-refractivity contribution in [2.45, 2.75) is 58.2 Å². The molecule has 0 aromatic heterocycles. The minimum atomic E-state index is 0.492. The SMILES string of the molecule is CCNC1c2ccccc2CC1N(C)C(CC)CC. The van der Waals surface area contributed by atoms with Gasteiger partial charge in [0, 0.05) is 18.1 Å². The molecule has 1 aromatic carbocycles. The van der Waals surface area contributed by atoms with Gasteiger partial charge in [-0.2, -0.15) is 0 Å². The number of benzene rings is 1. The molecule has 0 bridgehead atoms. The number of nitrogens with zero attached hydrogens (tertiary/aromatic N) is 1. The zero-order valence-corrected chi connectivity index (χ0v) is 12.8. The summed E-state index contributed by atoms with van der Waals surface area (Å²) in [7, 11) is 2.30. The highest BCUT2D eigenvalue weighted by atomic mass is 15.2. The Morgan fingerprint density at radius 2 is 1.89 bits per heavy atom. The molecule has 0 fully saturated rings. The summed E-state index contributed by atoms with van der Waals surface area (Å²) in [6, 6.07) is 10.7. The molecule has 2 atom stereocenters. The minimum absolute atomic E-state index is 0.492. The Labute approximate surface area is 118 Å². The molecule has 1 aliphatic rings. The van der Waals surface area contributed by atoms with E-state index in [1.54, 1.807) is 0 Å². The van der Waals surface area contributed by atoms with Crippen molar-refractivity contribution >= 4 is 0 Å². The molecule has 106 valence electrons. The molecule has 0 aliphatic heterocycles. The van der Waals surface area contributed by atoms with Crippen LogP contribution in [-0.2, 0) is 6.42 Å². The highest BCUT2D eigenvalue weighted by molar-refractivity contribution is 5.37. The lowest BCUT2D eigenvalue weighted by atomic mass is 10.0. The van der Waals surface area contributed by atoms with E-state index >= 15 is 0 Å². The van der Waals surface area contributed by atoms with Crippen LogP contribution in [0.5, 0.6) is 0 Å². The Kier molecular flexibility index (Phi) is 5.00. The summed E-state index contributed by atoms with van der Waals surface area (Å²) in [5.41, 5.74) is 3.03. The van der Waals surface area contributed by atoms with E-state index in [4.69, 9.17) is 0 Å². The average molecular weight is 260 g/mol. The van der Waals surface area contributed by atoms with Crippen molar-refractivity contribution in [3.05, 3.63) is 35.4 Å². The summed E-state index contributed by atoms with van der Waals surface area (Å²) in [4.78, 5) is 2.60. The highest BCUT2D eigenvalue weighted by Crippen LogP contribution is 2.35. The number of fused-ring (bicyclic) bond motifs is 1. The lowest BCUT2D eigenvalue weighted by Crippen LogP contribution is -2.45. The molecule has 19 heavy (non-hydrogen) atoms. The smallest absolute Gasteiger partial charge is 0.0484 e. The lowest BCUT2D eigenvalue weighted by Gasteiger charge is -2.36. The molecule has 0 saturated carbocycles. The third kappa shape index (κ3) is 2.85. The van der Waals surface area contributed by atoms with Gasteiger partial charge in [0.2, 0.25) is 0 Å². The fraction of sp³-hybridized carbons (Fsp3) is 0.647. The highest BCUT2D eigenvalue weighted by Gasteiger charge is 2.35. The van der Waals surface area contributed by atoms with Gasteiger partial charge in [0.05, 0.1) is 0 Å². The molecule has 0 radical (unpaired) electrons. The molecule has 0 heterocycles. The Balaban J connectivity index is 2.22. The predicted molar refractivity (Wildman–Crippen MR) is 82.5 cm³/mol. The van der Waals surface area contributed by atoms with Gasteiger partial charge >= 0.3 is 0 Å². The number of hydrogen-bond donors (Lipinski definition) is 1. The molecule has 0 saturated heterocycles. The van der Waals surface area contributed by atoms with E-state index < -0.39 is 0 Å². The molecule has 1 aliphatic carbocycles. The first-order valence-electron chi connectivity index (χ1n) is 7.75. The van der Waals surface area contributed by atoms with Crippen LogP contribution in [0.25, 0.3) is 0 Å². The van der Waals surface area contributed by atoms with Crippen molar-refractivity contribution < 1.29 is 0 Å². The Hall–Kier alpha value is -0.860. The summed E-state index contributed by atoms with van der Waals surface area (Å²) in [5.74, 6) is 0. The molecule has 2 heteroatoms. The predicted octanol–water partition coefficient (Wildman–Crippen LogP) is 3.38. The molecule has 1 aromatic rings. The normalized spacial score (nSPS) is 22.2. The van der Waals surface area contributed by atoms with E-state index in [-0.39, 0.29) is 0 Å². The van der Waals surface area contributed by atoms with Crippen LogP contribution in [0.4, 0.5) is 0 Å². The van der Waals surface area contributed by atoms with E-state index in [1.807, 2.05) is 0 Å². The van der Waals surface area contributed by atoms with E-state index in [9.17, 15) is 0 Å². The van der Waals surface area contributed by atoms with Gasteiger partial charge in [-0.25, -0.2) is 0 Å². The molecular formula is C17H28N2. The van der Waals surface area contributed by atoms with Gasteiger partial charge in [0.1, 0.15) is 0 Å². The summed E-state index contributed by atoms with van der Waals surface area (Å²) in [6.07, 6.45) is 3.65. The monoisotopic (exact) mass is 260 g/mol. The van der Waals surface area contributed by atoms with Gasteiger partial charge < -0.3 is 5.32 Å². The summed E-state index contributed by atoms with van der Waals surface area (Å²) in [6.45, 7) is 7.84. The maximum absolute atomic E-state index is 3.69. The van der Waals surface area contributed by atoms with E-state index in [0.29, 0.717) is 18.1 Å². The van der Waals surface area contributed by atoms with E-state index in [0.717, 1.165) is 6.54 Å². The fourth-order valence-corrected chi connectivity index (χ4v) is 3.55. The second-order valence-electron chi connectivity index (χ2n) is 5.64. The van der Waals surface area contributed by atoms with Crippen LogP contribution in [0, 0.1) is 0 Å².